The van der Waals surface area contributed by atoms with Crippen LogP contribution in [0.3, 0.4) is 0 Å². The molecule has 0 spiro atoms. The summed E-state index contributed by atoms with van der Waals surface area (Å²) in [4.78, 5) is 17.4. The fourth-order valence-corrected chi connectivity index (χ4v) is 5.08. The number of nitrogens with zero attached hydrogens (tertiary/aromatic N) is 2. The van der Waals surface area contributed by atoms with Crippen LogP contribution in [-0.4, -0.2) is 41.9 Å². The summed E-state index contributed by atoms with van der Waals surface area (Å²) in [5, 5.41) is 0. The van der Waals surface area contributed by atoms with Gasteiger partial charge in [-0.25, -0.2) is 0 Å². The van der Waals surface area contributed by atoms with Crippen molar-refractivity contribution in [2.24, 2.45) is 5.92 Å². The first-order chi connectivity index (χ1) is 14.3. The van der Waals surface area contributed by atoms with Crippen LogP contribution in [-0.2, 0) is 4.79 Å². The fraction of sp³-hybridized carbons (Fsp3) is 0.500. The first kappa shape index (κ1) is 20.2. The molecular formula is C26H34N2O. The maximum atomic E-state index is 12.8. The molecule has 2 fully saturated rings. The van der Waals surface area contributed by atoms with Gasteiger partial charge in [-0.15, -0.1) is 0 Å². The molecule has 1 aliphatic heterocycles. The largest absolute Gasteiger partial charge is 0.340 e. The zero-order valence-electron chi connectivity index (χ0n) is 17.5. The molecule has 0 N–H and O–H groups in total. The van der Waals surface area contributed by atoms with E-state index < -0.39 is 0 Å². The van der Waals surface area contributed by atoms with E-state index in [1.807, 2.05) is 0 Å². The van der Waals surface area contributed by atoms with Gasteiger partial charge in [-0.3, -0.25) is 9.69 Å². The zero-order chi connectivity index (χ0) is 19.9. The van der Waals surface area contributed by atoms with Gasteiger partial charge in [-0.2, -0.15) is 0 Å². The molecule has 29 heavy (non-hydrogen) atoms. The normalized spacial score (nSPS) is 18.9. The van der Waals surface area contributed by atoms with Gasteiger partial charge in [0.2, 0.25) is 5.91 Å². The van der Waals surface area contributed by atoms with E-state index in [2.05, 4.69) is 70.5 Å². The third kappa shape index (κ3) is 5.27. The Morgan fingerprint density at radius 2 is 1.34 bits per heavy atom. The van der Waals surface area contributed by atoms with Crippen molar-refractivity contribution < 1.29 is 4.79 Å². The van der Waals surface area contributed by atoms with E-state index in [1.165, 1.54) is 43.2 Å². The second-order valence-electron chi connectivity index (χ2n) is 8.68. The van der Waals surface area contributed by atoms with E-state index in [0.717, 1.165) is 44.9 Å². The number of hydrogen-bond acceptors (Lipinski definition) is 2. The van der Waals surface area contributed by atoms with Crippen LogP contribution in [0.15, 0.2) is 60.7 Å². The fourth-order valence-electron chi connectivity index (χ4n) is 5.08. The van der Waals surface area contributed by atoms with Gasteiger partial charge >= 0.3 is 0 Å². The van der Waals surface area contributed by atoms with E-state index in [-0.39, 0.29) is 6.04 Å². The monoisotopic (exact) mass is 390 g/mol. The lowest BCUT2D eigenvalue weighted by Crippen LogP contribution is -2.49. The Kier molecular flexibility index (Phi) is 7.00. The molecular weight excluding hydrogens is 356 g/mol. The molecule has 0 atom stereocenters. The Balaban J connectivity index is 1.36. The van der Waals surface area contributed by atoms with Crippen LogP contribution in [0.25, 0.3) is 0 Å². The van der Waals surface area contributed by atoms with Gasteiger partial charge in [0.1, 0.15) is 0 Å². The molecule has 0 bridgehead atoms. The standard InChI is InChI=1S/C26H34N2O/c29-25(17-16-22-10-4-1-5-11-22)27-18-20-28(21-19-27)26(23-12-6-2-7-13-23)24-14-8-3-9-15-24/h2-3,6-9,12-15,22,26H,1,4-5,10-11,16-21H2. The Morgan fingerprint density at radius 3 is 1.90 bits per heavy atom. The number of carbonyl (C=O) groups is 1. The van der Waals surface area contributed by atoms with Gasteiger partial charge in [0.05, 0.1) is 6.04 Å². The third-order valence-corrected chi connectivity index (χ3v) is 6.75. The minimum absolute atomic E-state index is 0.261. The molecule has 3 nitrogen and oxygen atoms in total. The molecule has 1 amide bonds. The summed E-state index contributed by atoms with van der Waals surface area (Å²) in [6.07, 6.45) is 8.60. The Morgan fingerprint density at radius 1 is 0.793 bits per heavy atom. The summed E-state index contributed by atoms with van der Waals surface area (Å²) in [5.41, 5.74) is 2.66. The first-order valence-electron chi connectivity index (χ1n) is 11.4. The van der Waals surface area contributed by atoms with Crippen LogP contribution in [0.4, 0.5) is 0 Å². The molecule has 2 aliphatic rings. The summed E-state index contributed by atoms with van der Waals surface area (Å²) >= 11 is 0. The van der Waals surface area contributed by atoms with Crippen molar-refractivity contribution in [3.05, 3.63) is 71.8 Å². The average Bonchev–Trinajstić information content (AvgIpc) is 2.80. The lowest BCUT2D eigenvalue weighted by Gasteiger charge is -2.40. The van der Waals surface area contributed by atoms with Gasteiger partial charge in [0, 0.05) is 32.6 Å². The molecule has 154 valence electrons. The van der Waals surface area contributed by atoms with Gasteiger partial charge in [-0.1, -0.05) is 92.8 Å². The molecule has 1 aliphatic carbocycles. The van der Waals surface area contributed by atoms with Gasteiger partial charge in [0.25, 0.3) is 0 Å². The molecule has 4 rings (SSSR count). The van der Waals surface area contributed by atoms with Crippen LogP contribution in [0.2, 0.25) is 0 Å². The van der Waals surface area contributed by atoms with Crippen LogP contribution in [0, 0.1) is 5.92 Å². The highest BCUT2D eigenvalue weighted by molar-refractivity contribution is 5.76. The quantitative estimate of drug-likeness (QED) is 0.670. The highest BCUT2D eigenvalue weighted by atomic mass is 16.2. The third-order valence-electron chi connectivity index (χ3n) is 6.75. The lowest BCUT2D eigenvalue weighted by atomic mass is 9.86. The summed E-state index contributed by atoms with van der Waals surface area (Å²) in [6, 6.07) is 21.8. The Labute approximate surface area is 175 Å². The molecule has 3 heteroatoms. The van der Waals surface area contributed by atoms with Crippen molar-refractivity contribution in [3.63, 3.8) is 0 Å². The van der Waals surface area contributed by atoms with Gasteiger partial charge in [-0.05, 0) is 23.5 Å². The van der Waals surface area contributed by atoms with E-state index in [4.69, 9.17) is 0 Å². The first-order valence-corrected chi connectivity index (χ1v) is 11.4. The van der Waals surface area contributed by atoms with E-state index in [9.17, 15) is 4.79 Å². The number of rotatable bonds is 6. The van der Waals surface area contributed by atoms with Crippen molar-refractivity contribution >= 4 is 5.91 Å². The topological polar surface area (TPSA) is 23.6 Å². The molecule has 0 unspecified atom stereocenters. The number of piperazine rings is 1. The van der Waals surface area contributed by atoms with Crippen molar-refractivity contribution in [1.82, 2.24) is 9.80 Å². The summed E-state index contributed by atoms with van der Waals surface area (Å²) in [7, 11) is 0. The number of benzene rings is 2. The second-order valence-corrected chi connectivity index (χ2v) is 8.68. The van der Waals surface area contributed by atoms with Gasteiger partial charge < -0.3 is 4.90 Å². The second kappa shape index (κ2) is 10.1. The zero-order valence-corrected chi connectivity index (χ0v) is 17.5. The van der Waals surface area contributed by atoms with Crippen LogP contribution >= 0.6 is 0 Å². The highest BCUT2D eigenvalue weighted by Gasteiger charge is 2.28. The maximum absolute atomic E-state index is 12.8. The molecule has 0 aromatic heterocycles. The SMILES string of the molecule is O=C(CCC1CCCCC1)N1CCN(C(c2ccccc2)c2ccccc2)CC1. The minimum Gasteiger partial charge on any atom is -0.340 e. The molecule has 2 aromatic carbocycles. The molecule has 1 saturated carbocycles. The van der Waals surface area contributed by atoms with Crippen molar-refractivity contribution in [2.45, 2.75) is 51.0 Å². The Hall–Kier alpha value is -2.13. The molecule has 0 radical (unpaired) electrons. The Bertz CT molecular complexity index is 707. The predicted octanol–water partition coefficient (Wildman–Crippen LogP) is 5.28. The van der Waals surface area contributed by atoms with Gasteiger partial charge in [0.15, 0.2) is 0 Å². The average molecular weight is 391 g/mol. The van der Waals surface area contributed by atoms with Crippen molar-refractivity contribution in [1.29, 1.82) is 0 Å². The summed E-state index contributed by atoms with van der Waals surface area (Å²) in [5.74, 6) is 1.15. The lowest BCUT2D eigenvalue weighted by molar-refractivity contribution is -0.133. The maximum Gasteiger partial charge on any atom is 0.222 e. The van der Waals surface area contributed by atoms with Crippen LogP contribution in [0.5, 0.6) is 0 Å². The van der Waals surface area contributed by atoms with Crippen molar-refractivity contribution in [2.75, 3.05) is 26.2 Å². The number of carbonyl (C=O) groups excluding carboxylic acids is 1. The van der Waals surface area contributed by atoms with E-state index in [0.29, 0.717) is 5.91 Å². The highest BCUT2D eigenvalue weighted by Crippen LogP contribution is 2.30. The van der Waals surface area contributed by atoms with E-state index in [1.54, 1.807) is 0 Å². The number of amides is 1. The van der Waals surface area contributed by atoms with Crippen molar-refractivity contribution in [3.8, 4) is 0 Å². The minimum atomic E-state index is 0.261. The van der Waals surface area contributed by atoms with Crippen LogP contribution in [0.1, 0.15) is 62.1 Å². The smallest absolute Gasteiger partial charge is 0.222 e. The number of hydrogen-bond donors (Lipinski definition) is 0. The predicted molar refractivity (Wildman–Crippen MR) is 119 cm³/mol. The van der Waals surface area contributed by atoms with E-state index >= 15 is 0 Å². The molecule has 2 aromatic rings. The molecule has 1 saturated heterocycles. The van der Waals surface area contributed by atoms with Crippen LogP contribution < -0.4 is 0 Å². The molecule has 1 heterocycles. The summed E-state index contributed by atoms with van der Waals surface area (Å²) < 4.78 is 0. The summed E-state index contributed by atoms with van der Waals surface area (Å²) in [6.45, 7) is 3.56.